The van der Waals surface area contributed by atoms with Crippen LogP contribution in [0.2, 0.25) is 0 Å². The van der Waals surface area contributed by atoms with E-state index in [1.807, 2.05) is 30.3 Å². The van der Waals surface area contributed by atoms with Crippen LogP contribution in [0.4, 0.5) is 5.69 Å². The summed E-state index contributed by atoms with van der Waals surface area (Å²) in [7, 11) is 1.57. The molecule has 7 nitrogen and oxygen atoms in total. The van der Waals surface area contributed by atoms with Crippen molar-refractivity contribution in [3.63, 3.8) is 0 Å². The summed E-state index contributed by atoms with van der Waals surface area (Å²) in [6, 6.07) is 15.7. The molecule has 1 aromatic heterocycles. The Balaban J connectivity index is 1.80. The number of ether oxygens (including phenoxy) is 1. The molecule has 0 spiro atoms. The molecular formula is C23H24N4O3S. The molecule has 1 aliphatic carbocycles. The summed E-state index contributed by atoms with van der Waals surface area (Å²) in [5, 5.41) is 8.71. The Morgan fingerprint density at radius 2 is 1.90 bits per heavy atom. The van der Waals surface area contributed by atoms with Crippen LogP contribution in [0.5, 0.6) is 5.75 Å². The Labute approximate surface area is 185 Å². The first kappa shape index (κ1) is 21.0. The molecule has 160 valence electrons. The number of carbonyl (C=O) groups is 2. The van der Waals surface area contributed by atoms with Crippen LogP contribution in [0.25, 0.3) is 0 Å². The first-order chi connectivity index (χ1) is 15.2. The Bertz CT molecular complexity index is 1020. The standard InChI is InChI=1S/C23H24N4O3S/c1-30-19-13-7-12-18(14-19)27(23(29)20-15-31-26-25-20)21(16-8-3-2-4-9-16)22(28)24-17-10-5-6-11-17/h2-4,7-9,12-15,17,21H,5-6,10-11H2,1H3,(H,24,28)/t21-/m0/s1. The monoisotopic (exact) mass is 436 g/mol. The van der Waals surface area contributed by atoms with E-state index in [4.69, 9.17) is 4.74 Å². The van der Waals surface area contributed by atoms with E-state index in [-0.39, 0.29) is 17.6 Å². The fourth-order valence-electron chi connectivity index (χ4n) is 3.93. The van der Waals surface area contributed by atoms with Gasteiger partial charge >= 0.3 is 0 Å². The van der Waals surface area contributed by atoms with Gasteiger partial charge in [-0.05, 0) is 42.1 Å². The van der Waals surface area contributed by atoms with Crippen LogP contribution < -0.4 is 15.0 Å². The predicted octanol–water partition coefficient (Wildman–Crippen LogP) is 3.99. The number of methoxy groups -OCH3 is 1. The Morgan fingerprint density at radius 3 is 2.58 bits per heavy atom. The minimum absolute atomic E-state index is 0.127. The lowest BCUT2D eigenvalue weighted by Crippen LogP contribution is -2.46. The van der Waals surface area contributed by atoms with E-state index in [0.29, 0.717) is 11.4 Å². The SMILES string of the molecule is COc1cccc(N(C(=O)c2csnn2)[C@H](C(=O)NC2CCCC2)c2ccccc2)c1. The molecule has 3 aromatic rings. The van der Waals surface area contributed by atoms with Crippen molar-refractivity contribution >= 4 is 29.0 Å². The second kappa shape index (κ2) is 9.70. The van der Waals surface area contributed by atoms with Gasteiger partial charge < -0.3 is 10.1 Å². The quantitative estimate of drug-likeness (QED) is 0.605. The summed E-state index contributed by atoms with van der Waals surface area (Å²) in [6.07, 6.45) is 4.11. The second-order valence-corrected chi connectivity index (χ2v) is 8.08. The van der Waals surface area contributed by atoms with Crippen LogP contribution in [-0.2, 0) is 4.79 Å². The molecule has 2 amide bonds. The topological polar surface area (TPSA) is 84.4 Å². The zero-order valence-electron chi connectivity index (χ0n) is 17.2. The van der Waals surface area contributed by atoms with Crippen LogP contribution >= 0.6 is 11.5 Å². The number of benzene rings is 2. The van der Waals surface area contributed by atoms with Crippen LogP contribution in [0.1, 0.15) is 47.8 Å². The fraction of sp³-hybridized carbons (Fsp3) is 0.304. The van der Waals surface area contributed by atoms with Crippen molar-refractivity contribution < 1.29 is 14.3 Å². The van der Waals surface area contributed by atoms with Gasteiger partial charge in [0.05, 0.1) is 7.11 Å². The summed E-state index contributed by atoms with van der Waals surface area (Å²) in [5.41, 5.74) is 1.47. The molecule has 4 rings (SSSR count). The molecule has 31 heavy (non-hydrogen) atoms. The van der Waals surface area contributed by atoms with Crippen LogP contribution in [-0.4, -0.2) is 34.6 Å². The molecule has 1 aliphatic rings. The van der Waals surface area contributed by atoms with Gasteiger partial charge in [0.2, 0.25) is 5.91 Å². The smallest absolute Gasteiger partial charge is 0.280 e. The van der Waals surface area contributed by atoms with Crippen molar-refractivity contribution in [1.29, 1.82) is 0 Å². The Kier molecular flexibility index (Phi) is 6.57. The molecule has 0 saturated heterocycles. The molecule has 2 aromatic carbocycles. The van der Waals surface area contributed by atoms with E-state index in [0.717, 1.165) is 42.8 Å². The zero-order chi connectivity index (χ0) is 21.6. The number of amides is 2. The van der Waals surface area contributed by atoms with E-state index >= 15 is 0 Å². The maximum absolute atomic E-state index is 13.6. The van der Waals surface area contributed by atoms with E-state index in [9.17, 15) is 9.59 Å². The number of aromatic nitrogens is 2. The van der Waals surface area contributed by atoms with Gasteiger partial charge in [-0.25, -0.2) is 0 Å². The Hall–Kier alpha value is -3.26. The summed E-state index contributed by atoms with van der Waals surface area (Å²) in [6.45, 7) is 0. The summed E-state index contributed by atoms with van der Waals surface area (Å²) < 4.78 is 9.20. The molecule has 1 saturated carbocycles. The lowest BCUT2D eigenvalue weighted by molar-refractivity contribution is -0.123. The highest BCUT2D eigenvalue weighted by Crippen LogP contribution is 2.32. The molecular weight excluding hydrogens is 412 g/mol. The third-order valence-corrected chi connectivity index (χ3v) is 5.96. The van der Waals surface area contributed by atoms with Gasteiger partial charge in [-0.1, -0.05) is 53.7 Å². The highest BCUT2D eigenvalue weighted by atomic mass is 32.1. The first-order valence-electron chi connectivity index (χ1n) is 10.3. The van der Waals surface area contributed by atoms with Crippen molar-refractivity contribution in [2.24, 2.45) is 0 Å². The third-order valence-electron chi connectivity index (χ3n) is 5.45. The van der Waals surface area contributed by atoms with Gasteiger partial charge in [0, 0.05) is 23.2 Å². The fourth-order valence-corrected chi connectivity index (χ4v) is 4.36. The highest BCUT2D eigenvalue weighted by molar-refractivity contribution is 7.03. The van der Waals surface area contributed by atoms with E-state index in [2.05, 4.69) is 14.9 Å². The minimum atomic E-state index is -0.858. The number of nitrogens with one attached hydrogen (secondary N) is 1. The summed E-state index contributed by atoms with van der Waals surface area (Å²) in [5.74, 6) is -0.00963. The second-order valence-electron chi connectivity index (χ2n) is 7.47. The van der Waals surface area contributed by atoms with Crippen molar-refractivity contribution in [2.75, 3.05) is 12.0 Å². The molecule has 1 atom stereocenters. The van der Waals surface area contributed by atoms with Crippen LogP contribution in [0.15, 0.2) is 60.0 Å². The number of hydrogen-bond donors (Lipinski definition) is 1. The summed E-state index contributed by atoms with van der Waals surface area (Å²) >= 11 is 1.10. The molecule has 0 radical (unpaired) electrons. The van der Waals surface area contributed by atoms with Crippen molar-refractivity contribution in [3.8, 4) is 5.75 Å². The molecule has 0 unspecified atom stereocenters. The average Bonchev–Trinajstić information content (AvgIpc) is 3.52. The first-order valence-corrected chi connectivity index (χ1v) is 11.1. The number of rotatable bonds is 7. The van der Waals surface area contributed by atoms with Crippen LogP contribution in [0, 0.1) is 0 Å². The Morgan fingerprint density at radius 1 is 1.13 bits per heavy atom. The highest BCUT2D eigenvalue weighted by Gasteiger charge is 2.35. The molecule has 1 heterocycles. The summed E-state index contributed by atoms with van der Waals surface area (Å²) in [4.78, 5) is 28.6. The normalized spacial score (nSPS) is 14.7. The molecule has 1 N–H and O–H groups in total. The van der Waals surface area contributed by atoms with E-state index in [1.165, 1.54) is 4.90 Å². The third kappa shape index (κ3) is 4.74. The lowest BCUT2D eigenvalue weighted by Gasteiger charge is -2.32. The van der Waals surface area contributed by atoms with Gasteiger partial charge in [-0.15, -0.1) is 5.10 Å². The van der Waals surface area contributed by atoms with Gasteiger partial charge in [0.1, 0.15) is 11.8 Å². The van der Waals surface area contributed by atoms with Gasteiger partial charge in [-0.3, -0.25) is 14.5 Å². The van der Waals surface area contributed by atoms with Crippen molar-refractivity contribution in [2.45, 2.75) is 37.8 Å². The van der Waals surface area contributed by atoms with E-state index < -0.39 is 11.9 Å². The van der Waals surface area contributed by atoms with Crippen molar-refractivity contribution in [1.82, 2.24) is 14.9 Å². The maximum Gasteiger partial charge on any atom is 0.280 e. The molecule has 0 bridgehead atoms. The number of carbonyl (C=O) groups excluding carboxylic acids is 2. The largest absolute Gasteiger partial charge is 0.497 e. The van der Waals surface area contributed by atoms with Gasteiger partial charge in [0.25, 0.3) is 5.91 Å². The number of nitrogens with zero attached hydrogens (tertiary/aromatic N) is 3. The predicted molar refractivity (Wildman–Crippen MR) is 119 cm³/mol. The lowest BCUT2D eigenvalue weighted by atomic mass is 10.0. The minimum Gasteiger partial charge on any atom is -0.497 e. The number of anilines is 1. The van der Waals surface area contributed by atoms with Crippen molar-refractivity contribution in [3.05, 3.63) is 71.2 Å². The zero-order valence-corrected chi connectivity index (χ0v) is 18.0. The molecule has 8 heteroatoms. The van der Waals surface area contributed by atoms with Gasteiger partial charge in [-0.2, -0.15) is 0 Å². The maximum atomic E-state index is 13.6. The van der Waals surface area contributed by atoms with Gasteiger partial charge in [0.15, 0.2) is 5.69 Å². The van der Waals surface area contributed by atoms with E-state index in [1.54, 1.807) is 36.8 Å². The number of hydrogen-bond acceptors (Lipinski definition) is 6. The average molecular weight is 437 g/mol. The molecule has 1 fully saturated rings. The van der Waals surface area contributed by atoms with Crippen LogP contribution in [0.3, 0.4) is 0 Å². The molecule has 0 aliphatic heterocycles.